The normalized spacial score (nSPS) is 16.4. The van der Waals surface area contributed by atoms with Crippen molar-refractivity contribution < 1.29 is 36.1 Å². The Balaban J connectivity index is 0.000000180. The van der Waals surface area contributed by atoms with E-state index in [1.165, 1.54) is 14.7 Å². The zero-order valence-electron chi connectivity index (χ0n) is 24.7. The first-order chi connectivity index (χ1) is 22.5. The first kappa shape index (κ1) is 39.8. The number of amidine groups is 3. The summed E-state index contributed by atoms with van der Waals surface area (Å²) in [6, 6.07) is 20.7. The fourth-order valence-corrected chi connectivity index (χ4v) is 5.20. The van der Waals surface area contributed by atoms with Crippen molar-refractivity contribution in [3.63, 3.8) is 0 Å². The zero-order chi connectivity index (χ0) is 33.9. The molecule has 1 aliphatic carbocycles. The Morgan fingerprint density at radius 2 is 0.646 bits per heavy atom. The Kier molecular flexibility index (Phi) is 16.1. The summed E-state index contributed by atoms with van der Waals surface area (Å²) in [6.45, 7) is 0.421. The maximum Gasteiger partial charge on any atom is 4.00 e. The molecule has 1 fully saturated rings. The van der Waals surface area contributed by atoms with Crippen molar-refractivity contribution in [2.75, 3.05) is 34.3 Å². The van der Waals surface area contributed by atoms with Crippen LogP contribution in [0.15, 0.2) is 87.8 Å². The largest absolute Gasteiger partial charge is 4.00 e. The minimum absolute atomic E-state index is 0. The van der Waals surface area contributed by atoms with E-state index in [1.54, 1.807) is 72.8 Å². The molecule has 0 unspecified atom stereocenters. The van der Waals surface area contributed by atoms with Crippen molar-refractivity contribution >= 4 is 123 Å². The fourth-order valence-electron chi connectivity index (χ4n) is 4.00. The average molecular weight is 790 g/mol. The summed E-state index contributed by atoms with van der Waals surface area (Å²) in [4.78, 5) is 50.0. The summed E-state index contributed by atoms with van der Waals surface area (Å²) in [7, 11) is 0. The second-order valence-electron chi connectivity index (χ2n) is 9.38. The molecular weight excluding hydrogens is 767 g/mol. The minimum Gasteiger partial charge on any atom is -0.742 e. The summed E-state index contributed by atoms with van der Waals surface area (Å²) in [5.41, 5.74) is 2.14. The van der Waals surface area contributed by atoms with Crippen LogP contribution in [0.4, 0.5) is 17.1 Å². The van der Waals surface area contributed by atoms with Crippen LogP contribution in [0.5, 0.6) is 0 Å². The molecule has 9 nitrogen and oxygen atoms in total. The van der Waals surface area contributed by atoms with Crippen LogP contribution in [0, 0.1) is 32.1 Å². The Morgan fingerprint density at radius 1 is 0.438 bits per heavy atom. The molecule has 0 atom stereocenters. The Hall–Kier alpha value is -2.68. The fraction of sp³-hybridized carbons (Fsp3) is 0.0938. The van der Waals surface area contributed by atoms with Gasteiger partial charge in [0, 0.05) is 32.1 Å². The maximum absolute atomic E-state index is 11.4. The molecule has 48 heavy (non-hydrogen) atoms. The zero-order valence-corrected chi connectivity index (χ0v) is 31.0. The van der Waals surface area contributed by atoms with Crippen LogP contribution in [0.3, 0.4) is 0 Å². The number of hydrogen-bond acceptors (Lipinski definition) is 9. The van der Waals surface area contributed by atoms with Gasteiger partial charge in [0.25, 0.3) is 17.7 Å². The molecular formula is C32H23Cl3N6O3S3Ti+. The summed E-state index contributed by atoms with van der Waals surface area (Å²) in [5, 5.41) is 2.83. The van der Waals surface area contributed by atoms with Gasteiger partial charge in [-0.2, -0.15) is 0 Å². The summed E-state index contributed by atoms with van der Waals surface area (Å²) >= 11 is 32.0. The van der Waals surface area contributed by atoms with Crippen LogP contribution in [-0.2, 0) is 74.0 Å². The third-order valence-electron chi connectivity index (χ3n) is 6.18. The number of halogens is 3. The van der Waals surface area contributed by atoms with Gasteiger partial charge in [0.05, 0.1) is 0 Å². The predicted octanol–water partition coefficient (Wildman–Crippen LogP) is 5.79. The molecule has 0 saturated heterocycles. The standard InChI is InChI=1S/3C9H7ClN2OS.C5H5.Ti/c3*10-6-1-3-7(4-2-6)12-8(13)5-11-9(12)14;1-2-4-5-3-1;/h3*1-4H,5H2,(H,11,14);1-5H;/q;;;;+4/p-3. The van der Waals surface area contributed by atoms with Gasteiger partial charge in [-0.3, -0.25) is 44.1 Å². The van der Waals surface area contributed by atoms with Gasteiger partial charge in [-0.1, -0.05) is 34.8 Å². The van der Waals surface area contributed by atoms with Gasteiger partial charge < -0.3 is 37.9 Å². The van der Waals surface area contributed by atoms with Gasteiger partial charge in [-0.05, 0) is 120 Å². The molecule has 1 saturated carbocycles. The Labute approximate surface area is 325 Å². The summed E-state index contributed by atoms with van der Waals surface area (Å²) in [6.07, 6.45) is 10.0. The summed E-state index contributed by atoms with van der Waals surface area (Å²) < 4.78 is 0. The number of carbonyl (C=O) groups excluding carboxylic acids is 3. The SMILES string of the molecule is O=C1CN=C([S-])N1c1ccc(Cl)cc1.O=C1CN=C([S-])N1c1ccc(Cl)cc1.O=C1CN=C([S-])N1c1ccc(Cl)cc1.[CH]1[CH][CH][CH][CH]1.[Ti+4]. The van der Waals surface area contributed by atoms with Crippen LogP contribution < -0.4 is 14.7 Å². The molecule has 16 heteroatoms. The van der Waals surface area contributed by atoms with E-state index in [0.29, 0.717) is 47.6 Å². The molecule has 3 amide bonds. The van der Waals surface area contributed by atoms with Gasteiger partial charge >= 0.3 is 21.7 Å². The molecule has 3 heterocycles. The predicted molar refractivity (Wildman–Crippen MR) is 197 cm³/mol. The maximum atomic E-state index is 11.4. The van der Waals surface area contributed by atoms with E-state index in [-0.39, 0.29) is 59.1 Å². The van der Waals surface area contributed by atoms with Gasteiger partial charge in [0.15, 0.2) is 0 Å². The Bertz CT molecular complexity index is 1480. The van der Waals surface area contributed by atoms with Gasteiger partial charge in [0.2, 0.25) is 0 Å². The molecule has 3 aromatic rings. The van der Waals surface area contributed by atoms with Crippen molar-refractivity contribution in [2.24, 2.45) is 15.0 Å². The van der Waals surface area contributed by atoms with Crippen molar-refractivity contribution in [3.8, 4) is 0 Å². The van der Waals surface area contributed by atoms with Crippen molar-refractivity contribution in [1.82, 2.24) is 0 Å². The molecule has 3 aliphatic heterocycles. The molecule has 4 aliphatic rings. The monoisotopic (exact) mass is 788 g/mol. The first-order valence-electron chi connectivity index (χ1n) is 13.6. The van der Waals surface area contributed by atoms with Crippen molar-refractivity contribution in [1.29, 1.82) is 0 Å². The van der Waals surface area contributed by atoms with E-state index in [0.717, 1.165) is 0 Å². The van der Waals surface area contributed by atoms with E-state index < -0.39 is 0 Å². The van der Waals surface area contributed by atoms with Crippen molar-refractivity contribution in [3.05, 3.63) is 120 Å². The number of rotatable bonds is 3. The molecule has 0 N–H and O–H groups in total. The van der Waals surface area contributed by atoms with Crippen LogP contribution in [0.1, 0.15) is 0 Å². The van der Waals surface area contributed by atoms with Crippen LogP contribution >= 0.6 is 34.8 Å². The average Bonchev–Trinajstić information content (AvgIpc) is 3.87. The third-order valence-corrected chi connectivity index (χ3v) is 7.87. The van der Waals surface area contributed by atoms with Crippen LogP contribution in [0.25, 0.3) is 0 Å². The van der Waals surface area contributed by atoms with E-state index in [2.05, 4.69) is 15.0 Å². The minimum atomic E-state index is -0.0997. The summed E-state index contributed by atoms with van der Waals surface area (Å²) in [5.74, 6) is -0.299. The smallest absolute Gasteiger partial charge is 0.742 e. The van der Waals surface area contributed by atoms with Gasteiger partial charge in [-0.15, -0.1) is 0 Å². The Morgan fingerprint density at radius 3 is 0.812 bits per heavy atom. The third kappa shape index (κ3) is 11.2. The number of hydrogen-bond donors (Lipinski definition) is 0. The van der Waals surface area contributed by atoms with Crippen molar-refractivity contribution in [2.45, 2.75) is 0 Å². The molecule has 5 radical (unpaired) electrons. The van der Waals surface area contributed by atoms with Crippen LogP contribution in [0.2, 0.25) is 15.1 Å². The topological polar surface area (TPSA) is 98.0 Å². The number of aliphatic imine (C=N–C) groups is 3. The van der Waals surface area contributed by atoms with Gasteiger partial charge in [0.1, 0.15) is 19.6 Å². The number of amides is 3. The number of anilines is 3. The second kappa shape index (κ2) is 19.5. The second-order valence-corrected chi connectivity index (χ2v) is 11.8. The number of benzene rings is 3. The van der Waals surface area contributed by atoms with Crippen LogP contribution in [-0.4, -0.2) is 52.9 Å². The molecule has 0 aromatic heterocycles. The van der Waals surface area contributed by atoms with Gasteiger partial charge in [-0.25, -0.2) is 0 Å². The molecule has 0 bridgehead atoms. The number of carbonyl (C=O) groups is 3. The van der Waals surface area contributed by atoms with E-state index in [4.69, 9.17) is 72.7 Å². The van der Waals surface area contributed by atoms with E-state index >= 15 is 0 Å². The first-order valence-corrected chi connectivity index (χ1v) is 16.0. The molecule has 7 rings (SSSR count). The quantitative estimate of drug-likeness (QED) is 0.247. The molecule has 0 spiro atoms. The molecule has 241 valence electrons. The van der Waals surface area contributed by atoms with E-state index in [9.17, 15) is 14.4 Å². The van der Waals surface area contributed by atoms with E-state index in [1.807, 2.05) is 32.1 Å². The molecule has 3 aromatic carbocycles. The number of nitrogens with zero attached hydrogens (tertiary/aromatic N) is 6.